The number of nitrogens with zero attached hydrogens (tertiary/aromatic N) is 1. The Kier molecular flexibility index (Phi) is 3.50. The van der Waals surface area contributed by atoms with Crippen LogP contribution in [0.1, 0.15) is 19.3 Å². The van der Waals surface area contributed by atoms with Crippen LogP contribution in [0.4, 0.5) is 10.2 Å². The van der Waals surface area contributed by atoms with Gasteiger partial charge < -0.3 is 10.6 Å². The van der Waals surface area contributed by atoms with Crippen LogP contribution < -0.4 is 10.6 Å². The Balaban J connectivity index is 1.71. The summed E-state index contributed by atoms with van der Waals surface area (Å²) in [5, 5.41) is 6.61. The van der Waals surface area contributed by atoms with Gasteiger partial charge in [0, 0.05) is 12.6 Å². The molecule has 2 rings (SSSR count). The minimum atomic E-state index is -0.294. The van der Waals surface area contributed by atoms with Crippen molar-refractivity contribution in [2.75, 3.05) is 18.4 Å². The highest BCUT2D eigenvalue weighted by molar-refractivity contribution is 5.33. The summed E-state index contributed by atoms with van der Waals surface area (Å²) in [5.41, 5.74) is 0. The summed E-state index contributed by atoms with van der Waals surface area (Å²) < 4.78 is 12.6. The van der Waals surface area contributed by atoms with Crippen molar-refractivity contribution in [2.45, 2.75) is 25.3 Å². The van der Waals surface area contributed by atoms with Crippen molar-refractivity contribution in [3.8, 4) is 0 Å². The lowest BCUT2D eigenvalue weighted by atomic mass is 10.1. The molecule has 0 amide bonds. The van der Waals surface area contributed by atoms with E-state index in [4.69, 9.17) is 0 Å². The Labute approximate surface area is 89.1 Å². The molecule has 0 unspecified atom stereocenters. The monoisotopic (exact) mass is 209 g/mol. The van der Waals surface area contributed by atoms with E-state index >= 15 is 0 Å². The molecule has 1 aliphatic heterocycles. The van der Waals surface area contributed by atoms with Crippen LogP contribution >= 0.6 is 0 Å². The lowest BCUT2D eigenvalue weighted by molar-refractivity contribution is 0.574. The molecule has 0 radical (unpaired) electrons. The van der Waals surface area contributed by atoms with E-state index in [2.05, 4.69) is 15.6 Å². The van der Waals surface area contributed by atoms with Crippen LogP contribution in [-0.4, -0.2) is 24.1 Å². The molecule has 0 bridgehead atoms. The number of aromatic nitrogens is 1. The highest BCUT2D eigenvalue weighted by Gasteiger charge is 2.12. The molecule has 3 nitrogen and oxygen atoms in total. The molecule has 1 aromatic rings. The van der Waals surface area contributed by atoms with Gasteiger partial charge >= 0.3 is 0 Å². The summed E-state index contributed by atoms with van der Waals surface area (Å²) in [6.45, 7) is 2.02. The number of pyridine rings is 1. The predicted octanol–water partition coefficient (Wildman–Crippen LogP) is 1.77. The fraction of sp³-hybridized carbons (Fsp3) is 0.545. The largest absolute Gasteiger partial charge is 0.370 e. The number of rotatable bonds is 4. The molecule has 2 N–H and O–H groups in total. The van der Waals surface area contributed by atoms with Crippen molar-refractivity contribution in [1.29, 1.82) is 0 Å². The summed E-state index contributed by atoms with van der Waals surface area (Å²) in [4.78, 5) is 3.94. The number of halogens is 1. The predicted molar refractivity (Wildman–Crippen MR) is 58.3 cm³/mol. The molecular weight excluding hydrogens is 193 g/mol. The van der Waals surface area contributed by atoms with Crippen molar-refractivity contribution in [2.24, 2.45) is 0 Å². The second kappa shape index (κ2) is 5.07. The number of anilines is 1. The Bertz CT molecular complexity index is 293. The molecule has 1 fully saturated rings. The van der Waals surface area contributed by atoms with Gasteiger partial charge in [-0.3, -0.25) is 0 Å². The smallest absolute Gasteiger partial charge is 0.141 e. The first-order chi connectivity index (χ1) is 7.34. The van der Waals surface area contributed by atoms with Gasteiger partial charge in [0.2, 0.25) is 0 Å². The lowest BCUT2D eigenvalue weighted by Crippen LogP contribution is -2.24. The summed E-state index contributed by atoms with van der Waals surface area (Å²) in [6.07, 6.45) is 4.87. The first-order valence-electron chi connectivity index (χ1n) is 5.43. The molecule has 0 aliphatic carbocycles. The van der Waals surface area contributed by atoms with Gasteiger partial charge in [-0.15, -0.1) is 0 Å². The van der Waals surface area contributed by atoms with Crippen molar-refractivity contribution in [3.05, 3.63) is 24.1 Å². The third-order valence-electron chi connectivity index (χ3n) is 2.69. The molecule has 15 heavy (non-hydrogen) atoms. The zero-order valence-electron chi connectivity index (χ0n) is 8.67. The van der Waals surface area contributed by atoms with E-state index in [1.165, 1.54) is 25.1 Å². The van der Waals surface area contributed by atoms with Crippen LogP contribution in [0.25, 0.3) is 0 Å². The fourth-order valence-electron chi connectivity index (χ4n) is 1.86. The zero-order chi connectivity index (χ0) is 10.5. The van der Waals surface area contributed by atoms with Crippen LogP contribution in [0, 0.1) is 5.82 Å². The van der Waals surface area contributed by atoms with E-state index in [1.807, 2.05) is 0 Å². The third-order valence-corrected chi connectivity index (χ3v) is 2.69. The SMILES string of the molecule is Fc1ccc(NCC[C@@H]2CCCN2)nc1. The van der Waals surface area contributed by atoms with Gasteiger partial charge in [-0.2, -0.15) is 0 Å². The van der Waals surface area contributed by atoms with Crippen molar-refractivity contribution >= 4 is 5.82 Å². The third kappa shape index (κ3) is 3.16. The van der Waals surface area contributed by atoms with E-state index in [1.54, 1.807) is 6.07 Å². The standard InChI is InChI=1S/C11H16FN3/c12-9-3-4-11(15-8-9)14-7-5-10-2-1-6-13-10/h3-4,8,10,13H,1-2,5-7H2,(H,14,15)/t10-/m0/s1. The van der Waals surface area contributed by atoms with Crippen LogP contribution in [-0.2, 0) is 0 Å². The van der Waals surface area contributed by atoms with Gasteiger partial charge in [0.1, 0.15) is 11.6 Å². The van der Waals surface area contributed by atoms with E-state index in [9.17, 15) is 4.39 Å². The average Bonchev–Trinajstić information content (AvgIpc) is 2.74. The molecule has 4 heteroatoms. The molecule has 0 spiro atoms. The van der Waals surface area contributed by atoms with Crippen LogP contribution in [0.2, 0.25) is 0 Å². The van der Waals surface area contributed by atoms with Crippen LogP contribution in [0.15, 0.2) is 18.3 Å². The Morgan fingerprint density at radius 3 is 3.13 bits per heavy atom. The minimum Gasteiger partial charge on any atom is -0.370 e. The van der Waals surface area contributed by atoms with E-state index < -0.39 is 0 Å². The van der Waals surface area contributed by atoms with Crippen molar-refractivity contribution in [3.63, 3.8) is 0 Å². The molecule has 1 saturated heterocycles. The fourth-order valence-corrected chi connectivity index (χ4v) is 1.86. The van der Waals surface area contributed by atoms with Gasteiger partial charge in [-0.1, -0.05) is 0 Å². The summed E-state index contributed by atoms with van der Waals surface area (Å²) in [6, 6.07) is 3.72. The van der Waals surface area contributed by atoms with E-state index in [0.29, 0.717) is 6.04 Å². The second-order valence-corrected chi connectivity index (χ2v) is 3.87. The number of nitrogens with one attached hydrogen (secondary N) is 2. The maximum absolute atomic E-state index is 12.6. The first-order valence-corrected chi connectivity index (χ1v) is 5.43. The van der Waals surface area contributed by atoms with E-state index in [-0.39, 0.29) is 5.82 Å². The number of hydrogen-bond donors (Lipinski definition) is 2. The Hall–Kier alpha value is -1.16. The quantitative estimate of drug-likeness (QED) is 0.793. The normalized spacial score (nSPS) is 20.5. The van der Waals surface area contributed by atoms with Crippen LogP contribution in [0.3, 0.4) is 0 Å². The van der Waals surface area contributed by atoms with Crippen LogP contribution in [0.5, 0.6) is 0 Å². The second-order valence-electron chi connectivity index (χ2n) is 3.87. The van der Waals surface area contributed by atoms with Gasteiger partial charge in [0.05, 0.1) is 6.20 Å². The Morgan fingerprint density at radius 1 is 1.53 bits per heavy atom. The van der Waals surface area contributed by atoms with Crippen molar-refractivity contribution in [1.82, 2.24) is 10.3 Å². The zero-order valence-corrected chi connectivity index (χ0v) is 8.67. The molecule has 1 aliphatic rings. The lowest BCUT2D eigenvalue weighted by Gasteiger charge is -2.10. The molecule has 1 atom stereocenters. The molecular formula is C11H16FN3. The summed E-state index contributed by atoms with van der Waals surface area (Å²) in [7, 11) is 0. The van der Waals surface area contributed by atoms with Gasteiger partial charge in [-0.25, -0.2) is 9.37 Å². The molecule has 0 aromatic carbocycles. The van der Waals surface area contributed by atoms with Gasteiger partial charge in [0.25, 0.3) is 0 Å². The van der Waals surface area contributed by atoms with Gasteiger partial charge in [-0.05, 0) is 37.9 Å². The Morgan fingerprint density at radius 2 is 2.47 bits per heavy atom. The molecule has 82 valence electrons. The number of hydrogen-bond acceptors (Lipinski definition) is 3. The first kappa shape index (κ1) is 10.4. The summed E-state index contributed by atoms with van der Waals surface area (Å²) >= 11 is 0. The molecule has 0 saturated carbocycles. The summed E-state index contributed by atoms with van der Waals surface area (Å²) in [5.74, 6) is 0.451. The van der Waals surface area contributed by atoms with Crippen molar-refractivity contribution < 1.29 is 4.39 Å². The molecule has 2 heterocycles. The minimum absolute atomic E-state index is 0.294. The highest BCUT2D eigenvalue weighted by atomic mass is 19.1. The highest BCUT2D eigenvalue weighted by Crippen LogP contribution is 2.09. The average molecular weight is 209 g/mol. The topological polar surface area (TPSA) is 37.0 Å². The maximum Gasteiger partial charge on any atom is 0.141 e. The maximum atomic E-state index is 12.6. The molecule has 1 aromatic heterocycles. The van der Waals surface area contributed by atoms with Gasteiger partial charge in [0.15, 0.2) is 0 Å². The van der Waals surface area contributed by atoms with E-state index in [0.717, 1.165) is 25.3 Å².